The molecule has 6 heteroatoms. The molecule has 2 atom stereocenters. The zero-order valence-corrected chi connectivity index (χ0v) is 9.59. The average molecular weight is 231 g/mol. The maximum Gasteiger partial charge on any atom is 0.233 e. The molecule has 0 aromatic heterocycles. The van der Waals surface area contributed by atoms with Crippen molar-refractivity contribution in [3.63, 3.8) is 0 Å². The van der Waals surface area contributed by atoms with Crippen molar-refractivity contribution in [2.45, 2.75) is 37.5 Å². The van der Waals surface area contributed by atoms with E-state index >= 15 is 0 Å². The maximum atomic E-state index is 11.7. The standard InChI is InChI=1S/C9H17N3O2S/c1-6(5-8(10)12-14)11-9(13)7-3-2-4-15-7/h6-7,14H,2-5H2,1H3,(H2,10,12)(H,11,13). The van der Waals surface area contributed by atoms with Gasteiger partial charge >= 0.3 is 0 Å². The molecule has 1 aliphatic rings. The van der Waals surface area contributed by atoms with E-state index in [4.69, 9.17) is 10.9 Å². The summed E-state index contributed by atoms with van der Waals surface area (Å²) in [6, 6.07) is -0.0883. The number of amidine groups is 1. The molecular weight excluding hydrogens is 214 g/mol. The van der Waals surface area contributed by atoms with E-state index in [1.54, 1.807) is 11.8 Å². The van der Waals surface area contributed by atoms with Gasteiger partial charge in [0.25, 0.3) is 0 Å². The third-order valence-corrected chi connectivity index (χ3v) is 3.63. The Morgan fingerprint density at radius 2 is 2.53 bits per heavy atom. The van der Waals surface area contributed by atoms with Crippen molar-refractivity contribution >= 4 is 23.5 Å². The molecule has 1 amide bonds. The fourth-order valence-electron chi connectivity index (χ4n) is 1.53. The maximum absolute atomic E-state index is 11.7. The minimum Gasteiger partial charge on any atom is -0.409 e. The predicted molar refractivity (Wildman–Crippen MR) is 61.1 cm³/mol. The monoisotopic (exact) mass is 231 g/mol. The van der Waals surface area contributed by atoms with Crippen LogP contribution in [0.2, 0.25) is 0 Å². The molecule has 2 unspecified atom stereocenters. The zero-order chi connectivity index (χ0) is 11.3. The Balaban J connectivity index is 2.30. The third kappa shape index (κ3) is 3.99. The average Bonchev–Trinajstić information content (AvgIpc) is 2.70. The van der Waals surface area contributed by atoms with Crippen LogP contribution in [0.1, 0.15) is 26.2 Å². The van der Waals surface area contributed by atoms with Gasteiger partial charge in [-0.2, -0.15) is 0 Å². The van der Waals surface area contributed by atoms with Crippen LogP contribution >= 0.6 is 11.8 Å². The van der Waals surface area contributed by atoms with Crippen molar-refractivity contribution < 1.29 is 10.0 Å². The highest BCUT2D eigenvalue weighted by Crippen LogP contribution is 2.26. The van der Waals surface area contributed by atoms with E-state index in [0.29, 0.717) is 6.42 Å². The van der Waals surface area contributed by atoms with Gasteiger partial charge in [-0.1, -0.05) is 5.16 Å². The highest BCUT2D eigenvalue weighted by atomic mass is 32.2. The van der Waals surface area contributed by atoms with E-state index in [-0.39, 0.29) is 23.0 Å². The van der Waals surface area contributed by atoms with Crippen LogP contribution < -0.4 is 11.1 Å². The molecule has 1 aliphatic heterocycles. The SMILES string of the molecule is CC(CC(N)=NO)NC(=O)C1CCCS1. The van der Waals surface area contributed by atoms with Gasteiger partial charge in [0.15, 0.2) is 0 Å². The molecule has 1 heterocycles. The summed E-state index contributed by atoms with van der Waals surface area (Å²) in [5, 5.41) is 14.2. The molecule has 0 bridgehead atoms. The van der Waals surface area contributed by atoms with Crippen LogP contribution in [-0.4, -0.2) is 34.0 Å². The van der Waals surface area contributed by atoms with E-state index in [9.17, 15) is 4.79 Å². The Morgan fingerprint density at radius 3 is 3.07 bits per heavy atom. The molecule has 1 saturated heterocycles. The third-order valence-electron chi connectivity index (χ3n) is 2.25. The second-order valence-electron chi connectivity index (χ2n) is 3.71. The first-order valence-electron chi connectivity index (χ1n) is 5.02. The van der Waals surface area contributed by atoms with Crippen LogP contribution in [0.15, 0.2) is 5.16 Å². The summed E-state index contributed by atoms with van der Waals surface area (Å²) in [4.78, 5) is 11.7. The van der Waals surface area contributed by atoms with Gasteiger partial charge in [0.05, 0.1) is 5.25 Å². The van der Waals surface area contributed by atoms with Crippen molar-refractivity contribution in [2.24, 2.45) is 10.9 Å². The molecule has 0 aliphatic carbocycles. The van der Waals surface area contributed by atoms with Crippen LogP contribution in [0.4, 0.5) is 0 Å². The number of nitrogens with two attached hydrogens (primary N) is 1. The van der Waals surface area contributed by atoms with Crippen molar-refractivity contribution in [3.8, 4) is 0 Å². The van der Waals surface area contributed by atoms with E-state index in [2.05, 4.69) is 10.5 Å². The number of rotatable bonds is 4. The summed E-state index contributed by atoms with van der Waals surface area (Å²) in [7, 11) is 0. The number of hydrogen-bond donors (Lipinski definition) is 3. The molecule has 1 rings (SSSR count). The Morgan fingerprint density at radius 1 is 1.80 bits per heavy atom. The number of amides is 1. The van der Waals surface area contributed by atoms with Crippen molar-refractivity contribution in [3.05, 3.63) is 0 Å². The lowest BCUT2D eigenvalue weighted by atomic mass is 10.2. The lowest BCUT2D eigenvalue weighted by molar-refractivity contribution is -0.121. The first-order valence-corrected chi connectivity index (χ1v) is 6.06. The van der Waals surface area contributed by atoms with E-state index in [1.165, 1.54) is 0 Å². The molecule has 15 heavy (non-hydrogen) atoms. The zero-order valence-electron chi connectivity index (χ0n) is 8.77. The fraction of sp³-hybridized carbons (Fsp3) is 0.778. The van der Waals surface area contributed by atoms with Gasteiger partial charge in [-0.3, -0.25) is 4.79 Å². The molecule has 1 fully saturated rings. The van der Waals surface area contributed by atoms with Crippen molar-refractivity contribution in [2.75, 3.05) is 5.75 Å². The number of carbonyl (C=O) groups is 1. The predicted octanol–water partition coefficient (Wildman–Crippen LogP) is 0.523. The number of thioether (sulfide) groups is 1. The lowest BCUT2D eigenvalue weighted by Crippen LogP contribution is -2.40. The number of oxime groups is 1. The summed E-state index contributed by atoms with van der Waals surface area (Å²) in [6.07, 6.45) is 2.43. The highest BCUT2D eigenvalue weighted by molar-refractivity contribution is 8.00. The molecular formula is C9H17N3O2S. The Labute approximate surface area is 93.5 Å². The molecule has 0 aromatic carbocycles. The highest BCUT2D eigenvalue weighted by Gasteiger charge is 2.24. The first kappa shape index (κ1) is 12.2. The molecule has 5 nitrogen and oxygen atoms in total. The van der Waals surface area contributed by atoms with Crippen LogP contribution in [0.3, 0.4) is 0 Å². The molecule has 0 spiro atoms. The normalized spacial score (nSPS) is 23.8. The second-order valence-corrected chi connectivity index (χ2v) is 5.02. The fourth-order valence-corrected chi connectivity index (χ4v) is 2.70. The van der Waals surface area contributed by atoms with Gasteiger partial charge in [0, 0.05) is 12.5 Å². The van der Waals surface area contributed by atoms with Gasteiger partial charge in [0.1, 0.15) is 5.84 Å². The van der Waals surface area contributed by atoms with Gasteiger partial charge in [-0.25, -0.2) is 0 Å². The molecule has 0 aromatic rings. The van der Waals surface area contributed by atoms with E-state index in [1.807, 2.05) is 6.92 Å². The minimum absolute atomic E-state index is 0.0655. The molecule has 0 radical (unpaired) electrons. The van der Waals surface area contributed by atoms with Gasteiger partial charge < -0.3 is 16.3 Å². The Bertz CT molecular complexity index is 252. The summed E-state index contributed by atoms with van der Waals surface area (Å²) >= 11 is 1.69. The molecule has 4 N–H and O–H groups in total. The quantitative estimate of drug-likeness (QED) is 0.285. The Hall–Kier alpha value is -0.910. The van der Waals surface area contributed by atoms with Crippen LogP contribution in [-0.2, 0) is 4.79 Å². The van der Waals surface area contributed by atoms with Gasteiger partial charge in [0.2, 0.25) is 5.91 Å². The minimum atomic E-state index is -0.0883. The van der Waals surface area contributed by atoms with E-state index < -0.39 is 0 Å². The van der Waals surface area contributed by atoms with Crippen molar-refractivity contribution in [1.29, 1.82) is 0 Å². The van der Waals surface area contributed by atoms with Crippen molar-refractivity contribution in [1.82, 2.24) is 5.32 Å². The number of nitrogens with one attached hydrogen (secondary N) is 1. The van der Waals surface area contributed by atoms with Gasteiger partial charge in [-0.15, -0.1) is 11.8 Å². The largest absolute Gasteiger partial charge is 0.409 e. The topological polar surface area (TPSA) is 87.7 Å². The van der Waals surface area contributed by atoms with Crippen LogP contribution in [0.5, 0.6) is 0 Å². The lowest BCUT2D eigenvalue weighted by Gasteiger charge is -2.15. The summed E-state index contributed by atoms with van der Waals surface area (Å²) in [5.41, 5.74) is 5.35. The van der Waals surface area contributed by atoms with Gasteiger partial charge in [-0.05, 0) is 25.5 Å². The summed E-state index contributed by atoms with van der Waals surface area (Å²) in [5.74, 6) is 1.27. The summed E-state index contributed by atoms with van der Waals surface area (Å²) in [6.45, 7) is 1.84. The summed E-state index contributed by atoms with van der Waals surface area (Å²) < 4.78 is 0. The van der Waals surface area contributed by atoms with E-state index in [0.717, 1.165) is 18.6 Å². The van der Waals surface area contributed by atoms with Crippen LogP contribution in [0, 0.1) is 0 Å². The number of hydrogen-bond acceptors (Lipinski definition) is 4. The Kier molecular flexibility index (Phi) is 4.74. The molecule has 86 valence electrons. The molecule has 0 saturated carbocycles. The first-order chi connectivity index (χ1) is 7.13. The van der Waals surface area contributed by atoms with Crippen LogP contribution in [0.25, 0.3) is 0 Å². The number of nitrogens with zero attached hydrogens (tertiary/aromatic N) is 1. The second kappa shape index (κ2) is 5.85. The number of carbonyl (C=O) groups excluding carboxylic acids is 1. The smallest absolute Gasteiger partial charge is 0.233 e.